The number of nitrogens with one attached hydrogen (secondary N) is 1. The fraction of sp³-hybridized carbons (Fsp3) is 0.269. The molecule has 0 spiro atoms. The van der Waals surface area contributed by atoms with E-state index in [1.54, 1.807) is 0 Å². The Hall–Kier alpha value is -3.42. The summed E-state index contributed by atoms with van der Waals surface area (Å²) in [5, 5.41) is 23.2. The molecule has 0 fully saturated rings. The normalized spacial score (nSPS) is 14.2. The Balaban J connectivity index is 1.28. The van der Waals surface area contributed by atoms with Crippen LogP contribution in [-0.4, -0.2) is 42.7 Å². The number of benzene rings is 3. The number of hydrogen-bond donors (Lipinski definition) is 3. The average molecular weight is 451 g/mol. The van der Waals surface area contributed by atoms with Crippen molar-refractivity contribution in [2.45, 2.75) is 24.5 Å². The van der Waals surface area contributed by atoms with Gasteiger partial charge in [-0.25, -0.2) is 9.18 Å². The van der Waals surface area contributed by atoms with Crippen LogP contribution < -0.4 is 10.1 Å². The van der Waals surface area contributed by atoms with Crippen molar-refractivity contribution in [3.05, 3.63) is 89.2 Å². The average Bonchev–Trinajstić information content (AvgIpc) is 3.16. The summed E-state index contributed by atoms with van der Waals surface area (Å²) in [7, 11) is 1.32. The smallest absolute Gasteiger partial charge is 0.407 e. The number of rotatable bonds is 8. The molecule has 2 unspecified atom stereocenters. The highest BCUT2D eigenvalue weighted by atomic mass is 19.1. The van der Waals surface area contributed by atoms with Crippen LogP contribution in [0.15, 0.2) is 66.7 Å². The Kier molecular flexibility index (Phi) is 6.91. The number of aliphatic hydroxyl groups is 2. The van der Waals surface area contributed by atoms with Crippen LogP contribution in [0.25, 0.3) is 11.1 Å². The third kappa shape index (κ3) is 4.84. The zero-order valence-corrected chi connectivity index (χ0v) is 18.2. The lowest BCUT2D eigenvalue weighted by Gasteiger charge is -2.19. The summed E-state index contributed by atoms with van der Waals surface area (Å²) < 4.78 is 23.9. The summed E-state index contributed by atoms with van der Waals surface area (Å²) in [5.74, 6) is -0.612. The van der Waals surface area contributed by atoms with Gasteiger partial charge >= 0.3 is 6.09 Å². The molecule has 1 aliphatic rings. The minimum atomic E-state index is -1.25. The maximum atomic E-state index is 13.5. The Morgan fingerprint density at radius 1 is 1.03 bits per heavy atom. The third-order valence-electron chi connectivity index (χ3n) is 5.93. The molecule has 172 valence electrons. The number of fused-ring (bicyclic) bond motifs is 3. The van der Waals surface area contributed by atoms with E-state index >= 15 is 0 Å². The second-order valence-corrected chi connectivity index (χ2v) is 7.95. The van der Waals surface area contributed by atoms with E-state index in [1.165, 1.54) is 25.3 Å². The number of alkyl carbamates (subject to hydrolysis) is 1. The molecular formula is C26H26FNO5. The lowest BCUT2D eigenvalue weighted by atomic mass is 9.98. The summed E-state index contributed by atoms with van der Waals surface area (Å²) in [6.07, 6.45) is -2.91. The van der Waals surface area contributed by atoms with Crippen molar-refractivity contribution in [3.63, 3.8) is 0 Å². The number of ether oxygens (including phenoxy) is 2. The largest absolute Gasteiger partial charge is 0.494 e. The first-order valence-electron chi connectivity index (χ1n) is 10.8. The minimum Gasteiger partial charge on any atom is -0.494 e. The van der Waals surface area contributed by atoms with Crippen LogP contribution in [-0.2, 0) is 4.74 Å². The maximum absolute atomic E-state index is 13.5. The van der Waals surface area contributed by atoms with Gasteiger partial charge < -0.3 is 25.0 Å². The molecule has 1 aliphatic carbocycles. The molecule has 0 saturated heterocycles. The highest BCUT2D eigenvalue weighted by Gasteiger charge is 2.29. The molecule has 0 aromatic heterocycles. The van der Waals surface area contributed by atoms with E-state index in [2.05, 4.69) is 17.4 Å². The lowest BCUT2D eigenvalue weighted by Crippen LogP contribution is -2.30. The number of hydrogen-bond acceptors (Lipinski definition) is 5. The molecule has 3 N–H and O–H groups in total. The predicted octanol–water partition coefficient (Wildman–Crippen LogP) is 4.16. The van der Waals surface area contributed by atoms with Gasteiger partial charge in [-0.1, -0.05) is 54.6 Å². The predicted molar refractivity (Wildman–Crippen MR) is 122 cm³/mol. The van der Waals surface area contributed by atoms with E-state index in [1.807, 2.05) is 36.4 Å². The van der Waals surface area contributed by atoms with Crippen LogP contribution in [0, 0.1) is 5.82 Å². The molecule has 2 atom stereocenters. The molecule has 7 heteroatoms. The quantitative estimate of drug-likeness (QED) is 0.479. The second kappa shape index (κ2) is 10.0. The Morgan fingerprint density at radius 3 is 2.30 bits per heavy atom. The van der Waals surface area contributed by atoms with Gasteiger partial charge in [0, 0.05) is 12.5 Å². The van der Waals surface area contributed by atoms with Gasteiger partial charge in [-0.05, 0) is 46.4 Å². The van der Waals surface area contributed by atoms with Gasteiger partial charge in [-0.2, -0.15) is 0 Å². The summed E-state index contributed by atoms with van der Waals surface area (Å²) in [5.41, 5.74) is 4.87. The van der Waals surface area contributed by atoms with Crippen LogP contribution in [0.2, 0.25) is 0 Å². The highest BCUT2D eigenvalue weighted by molar-refractivity contribution is 5.79. The SMILES string of the molecule is COc1cc(C(O)C(O)CCNC(=O)OCC2c3ccccc3-c3ccccc32)ccc1F. The Morgan fingerprint density at radius 2 is 1.67 bits per heavy atom. The first-order valence-corrected chi connectivity index (χ1v) is 10.8. The number of amides is 1. The van der Waals surface area contributed by atoms with Gasteiger partial charge in [0.25, 0.3) is 0 Å². The Labute approximate surface area is 191 Å². The van der Waals surface area contributed by atoms with Gasteiger partial charge in [-0.15, -0.1) is 0 Å². The molecule has 0 aliphatic heterocycles. The molecule has 3 aromatic carbocycles. The molecule has 6 nitrogen and oxygen atoms in total. The number of carbonyl (C=O) groups is 1. The van der Waals surface area contributed by atoms with Crippen molar-refractivity contribution in [1.29, 1.82) is 0 Å². The second-order valence-electron chi connectivity index (χ2n) is 7.95. The Bertz CT molecular complexity index is 1090. The molecular weight excluding hydrogens is 425 g/mol. The molecule has 0 radical (unpaired) electrons. The van der Waals surface area contributed by atoms with Gasteiger partial charge in [-0.3, -0.25) is 0 Å². The molecule has 0 saturated carbocycles. The fourth-order valence-corrected chi connectivity index (χ4v) is 4.21. The van der Waals surface area contributed by atoms with E-state index in [9.17, 15) is 19.4 Å². The van der Waals surface area contributed by atoms with Crippen molar-refractivity contribution in [1.82, 2.24) is 5.32 Å². The molecule has 0 heterocycles. The van der Waals surface area contributed by atoms with E-state index in [0.29, 0.717) is 5.56 Å². The molecule has 1 amide bonds. The van der Waals surface area contributed by atoms with Crippen molar-refractivity contribution in [2.24, 2.45) is 0 Å². The van der Waals surface area contributed by atoms with Gasteiger partial charge in [0.15, 0.2) is 11.6 Å². The van der Waals surface area contributed by atoms with E-state index in [-0.39, 0.29) is 31.2 Å². The molecule has 0 bridgehead atoms. The van der Waals surface area contributed by atoms with E-state index < -0.39 is 24.1 Å². The molecule has 33 heavy (non-hydrogen) atoms. The summed E-state index contributed by atoms with van der Waals surface area (Å²) in [4.78, 5) is 12.2. The summed E-state index contributed by atoms with van der Waals surface area (Å²) >= 11 is 0. The van der Waals surface area contributed by atoms with Crippen molar-refractivity contribution in [2.75, 3.05) is 20.3 Å². The van der Waals surface area contributed by atoms with Gasteiger partial charge in [0.2, 0.25) is 0 Å². The zero-order chi connectivity index (χ0) is 23.4. The maximum Gasteiger partial charge on any atom is 0.407 e. The summed E-state index contributed by atoms with van der Waals surface area (Å²) in [6, 6.07) is 20.0. The summed E-state index contributed by atoms with van der Waals surface area (Å²) in [6.45, 7) is 0.299. The first-order chi connectivity index (χ1) is 16.0. The van der Waals surface area contributed by atoms with Gasteiger partial charge in [0.05, 0.1) is 13.2 Å². The third-order valence-corrected chi connectivity index (χ3v) is 5.93. The van der Waals surface area contributed by atoms with Crippen LogP contribution in [0.5, 0.6) is 5.75 Å². The fourth-order valence-electron chi connectivity index (χ4n) is 4.21. The molecule has 4 rings (SSSR count). The van der Waals surface area contributed by atoms with Crippen LogP contribution in [0.3, 0.4) is 0 Å². The number of aliphatic hydroxyl groups excluding tert-OH is 2. The van der Waals surface area contributed by atoms with Crippen molar-refractivity contribution in [3.8, 4) is 16.9 Å². The number of halogens is 1. The number of carbonyl (C=O) groups excluding carboxylic acids is 1. The topological polar surface area (TPSA) is 88.0 Å². The van der Waals surface area contributed by atoms with Crippen molar-refractivity contribution < 1.29 is 28.9 Å². The monoisotopic (exact) mass is 451 g/mol. The first kappa shape index (κ1) is 22.8. The highest BCUT2D eigenvalue weighted by Crippen LogP contribution is 2.44. The van der Waals surface area contributed by atoms with Crippen LogP contribution >= 0.6 is 0 Å². The lowest BCUT2D eigenvalue weighted by molar-refractivity contribution is 0.0135. The minimum absolute atomic E-state index is 0.0180. The standard InChI is InChI=1S/C26H26FNO5/c1-32-24-14-16(10-11-22(24)27)25(30)23(29)12-13-28-26(31)33-15-21-19-8-4-2-6-17(19)18-7-3-5-9-20(18)21/h2-11,14,21,23,25,29-30H,12-13,15H2,1H3,(H,28,31). The zero-order valence-electron chi connectivity index (χ0n) is 18.2. The van der Waals surface area contributed by atoms with E-state index in [0.717, 1.165) is 22.3 Å². The van der Waals surface area contributed by atoms with Crippen molar-refractivity contribution >= 4 is 6.09 Å². The molecule has 3 aromatic rings. The number of methoxy groups -OCH3 is 1. The van der Waals surface area contributed by atoms with E-state index in [4.69, 9.17) is 9.47 Å². The van der Waals surface area contributed by atoms with Crippen LogP contribution in [0.1, 0.15) is 35.1 Å². The van der Waals surface area contributed by atoms with Crippen LogP contribution in [0.4, 0.5) is 9.18 Å². The van der Waals surface area contributed by atoms with Gasteiger partial charge in [0.1, 0.15) is 12.7 Å².